The number of esters is 3. The van der Waals surface area contributed by atoms with Gasteiger partial charge >= 0.3 is 24.0 Å². The number of amides is 1. The van der Waals surface area contributed by atoms with E-state index in [1.165, 1.54) is 31.3 Å². The van der Waals surface area contributed by atoms with Crippen LogP contribution in [0.5, 0.6) is 0 Å². The summed E-state index contributed by atoms with van der Waals surface area (Å²) in [5.41, 5.74) is -7.69. The zero-order valence-corrected chi connectivity index (χ0v) is 38.9. The number of benzene rings is 1. The molecule has 2 aromatic rings. The number of aromatic nitrogens is 1. The summed E-state index contributed by atoms with van der Waals surface area (Å²) in [7, 11) is 0. The van der Waals surface area contributed by atoms with E-state index in [4.69, 9.17) is 33.2 Å². The van der Waals surface area contributed by atoms with Crippen molar-refractivity contribution in [3.63, 3.8) is 0 Å². The van der Waals surface area contributed by atoms with Crippen molar-refractivity contribution in [2.24, 2.45) is 16.7 Å². The first kappa shape index (κ1) is 48.8. The summed E-state index contributed by atoms with van der Waals surface area (Å²) in [6.07, 6.45) is -10.8. The molecule has 67 heavy (non-hydrogen) atoms. The summed E-state index contributed by atoms with van der Waals surface area (Å²) in [6.45, 7) is 12.7. The maximum absolute atomic E-state index is 15.4. The van der Waals surface area contributed by atoms with Crippen LogP contribution >= 0.6 is 0 Å². The largest absolute Gasteiger partial charge is 0.456 e. The minimum absolute atomic E-state index is 0.0414. The van der Waals surface area contributed by atoms with Crippen LogP contribution in [-0.4, -0.2) is 147 Å². The SMILES string of the molecule is CC(=O)O[C@@]12CO[C@@H]1C[C@H](O)[C@@]1(C)[C@@H]3O[C@H](CN4CC[C@H]4CF)O[C@@H]3C3=C(C)[C@@H](OC(=O)[C@H](O)[C@@H](NC(=O)OC(C)(C)C)c4ncccc4F)C[C@@](O)([C@@H](OC(=O)c4ccccc4)[C@H]21)C3(C)C. The number of rotatable bonds is 11. The molecule has 1 amide bonds. The highest BCUT2D eigenvalue weighted by molar-refractivity contribution is 5.89. The summed E-state index contributed by atoms with van der Waals surface area (Å²) in [5, 5.41) is 40.6. The van der Waals surface area contributed by atoms with Crippen molar-refractivity contribution in [1.29, 1.82) is 0 Å². The Hall–Kier alpha value is -4.63. The van der Waals surface area contributed by atoms with Gasteiger partial charge < -0.3 is 53.8 Å². The van der Waals surface area contributed by atoms with Crippen molar-refractivity contribution in [2.75, 3.05) is 26.4 Å². The lowest BCUT2D eigenvalue weighted by Crippen LogP contribution is -2.82. The number of hydrogen-bond donors (Lipinski definition) is 4. The van der Waals surface area contributed by atoms with E-state index in [1.807, 2.05) is 4.90 Å². The number of aliphatic hydroxyl groups excluding tert-OH is 2. The Morgan fingerprint density at radius 1 is 1.06 bits per heavy atom. The first-order valence-electron chi connectivity index (χ1n) is 22.7. The van der Waals surface area contributed by atoms with Crippen molar-refractivity contribution in [3.05, 3.63) is 76.9 Å². The van der Waals surface area contributed by atoms with Gasteiger partial charge in [-0.15, -0.1) is 0 Å². The van der Waals surface area contributed by atoms with Crippen LogP contribution in [0, 0.1) is 22.6 Å². The van der Waals surface area contributed by atoms with Gasteiger partial charge in [-0.25, -0.2) is 23.2 Å². The summed E-state index contributed by atoms with van der Waals surface area (Å²) < 4.78 is 73.6. The molecular formula is C48H61F2N3O14. The van der Waals surface area contributed by atoms with Gasteiger partial charge in [0.05, 0.1) is 30.3 Å². The molecule has 0 radical (unpaired) electrons. The number of nitrogens with one attached hydrogen (secondary N) is 1. The molecule has 3 aliphatic carbocycles. The second-order valence-corrected chi connectivity index (χ2v) is 20.5. The molecule has 19 heteroatoms. The monoisotopic (exact) mass is 941 g/mol. The van der Waals surface area contributed by atoms with Crippen LogP contribution in [0.15, 0.2) is 59.8 Å². The molecule has 0 spiro atoms. The van der Waals surface area contributed by atoms with Gasteiger partial charge in [-0.1, -0.05) is 39.0 Å². The summed E-state index contributed by atoms with van der Waals surface area (Å²) in [4.78, 5) is 61.1. The third-order valence-electron chi connectivity index (χ3n) is 15.1. The Labute approximate surface area is 387 Å². The molecule has 17 nitrogen and oxygen atoms in total. The zero-order valence-electron chi connectivity index (χ0n) is 38.9. The predicted octanol–water partition coefficient (Wildman–Crippen LogP) is 4.02. The molecule has 8 rings (SSSR count). The average molecular weight is 942 g/mol. The van der Waals surface area contributed by atoms with Gasteiger partial charge in [-0.05, 0) is 69.5 Å². The number of aliphatic hydroxyl groups is 3. The van der Waals surface area contributed by atoms with Gasteiger partial charge in [0.15, 0.2) is 18.0 Å². The molecule has 1 aromatic heterocycles. The number of alkyl carbamates (subject to hydrolysis) is 1. The van der Waals surface area contributed by atoms with Crippen LogP contribution in [0.2, 0.25) is 0 Å². The van der Waals surface area contributed by atoms with Gasteiger partial charge in [0.1, 0.15) is 59.8 Å². The number of likely N-dealkylation sites (tertiary alicyclic amines) is 1. The van der Waals surface area contributed by atoms with Crippen LogP contribution in [-0.2, 0) is 42.7 Å². The third kappa shape index (κ3) is 8.31. The fourth-order valence-electron chi connectivity index (χ4n) is 11.5. The summed E-state index contributed by atoms with van der Waals surface area (Å²) in [6, 6.07) is 8.13. The molecule has 1 aromatic carbocycles. The van der Waals surface area contributed by atoms with E-state index in [0.29, 0.717) is 24.1 Å². The number of nitrogens with zero attached hydrogens (tertiary/aromatic N) is 2. The maximum atomic E-state index is 15.4. The Kier molecular flexibility index (Phi) is 12.9. The van der Waals surface area contributed by atoms with Gasteiger partial charge in [0.2, 0.25) is 0 Å². The fourth-order valence-corrected chi connectivity index (χ4v) is 11.5. The van der Waals surface area contributed by atoms with Crippen LogP contribution in [0.4, 0.5) is 13.6 Å². The quantitative estimate of drug-likeness (QED) is 0.142. The number of alkyl halides is 1. The number of halogens is 2. The first-order chi connectivity index (χ1) is 31.5. The normalized spacial score (nSPS) is 36.2. The third-order valence-corrected chi connectivity index (χ3v) is 15.1. The lowest BCUT2D eigenvalue weighted by Gasteiger charge is -2.68. The lowest BCUT2D eigenvalue weighted by molar-refractivity contribution is -0.362. The zero-order chi connectivity index (χ0) is 48.6. The van der Waals surface area contributed by atoms with Crippen molar-refractivity contribution in [2.45, 2.75) is 153 Å². The molecule has 4 N–H and O–H groups in total. The topological polar surface area (TPSA) is 222 Å². The van der Waals surface area contributed by atoms with Crippen LogP contribution in [0.25, 0.3) is 0 Å². The van der Waals surface area contributed by atoms with E-state index in [2.05, 4.69) is 10.3 Å². The van der Waals surface area contributed by atoms with E-state index >= 15 is 4.39 Å². The van der Waals surface area contributed by atoms with Gasteiger partial charge in [-0.2, -0.15) is 0 Å². The molecule has 4 heterocycles. The number of hydrogen-bond acceptors (Lipinski definition) is 16. The Bertz CT molecular complexity index is 2280. The Morgan fingerprint density at radius 3 is 2.37 bits per heavy atom. The second-order valence-electron chi connectivity index (χ2n) is 20.5. The van der Waals surface area contributed by atoms with E-state index in [-0.39, 0.29) is 31.2 Å². The van der Waals surface area contributed by atoms with Crippen molar-refractivity contribution in [1.82, 2.24) is 15.2 Å². The molecule has 5 fully saturated rings. The Balaban J connectivity index is 1.28. The maximum Gasteiger partial charge on any atom is 0.408 e. The number of ether oxygens (including phenoxy) is 7. The van der Waals surface area contributed by atoms with E-state index in [1.54, 1.807) is 66.7 Å². The summed E-state index contributed by atoms with van der Waals surface area (Å²) >= 11 is 0. The minimum atomic E-state index is -2.31. The number of fused-ring (bicyclic) bond motifs is 8. The smallest absolute Gasteiger partial charge is 0.408 e. The molecule has 3 saturated heterocycles. The molecule has 366 valence electrons. The highest BCUT2D eigenvalue weighted by atomic mass is 19.1. The standard InChI is InChI=1S/C48H61F2N3O14/c1-24-29(62-42(58)36(56)35(34-28(50)15-12-17-51-34)52-43(59)67-44(3,4)5)20-48(60)40(65-41(57)26-13-10-9-11-14-26)38-46(8,30(55)19-31-47(38,23-61-31)66-25(2)54)39-37(33(24)45(48,6)7)63-32(64-39)22-53-18-16-27(53)21-49/h9-15,17,27,29-32,35-40,55-56,60H,16,18-23H2,1-8H3,(H,52,59)/t27-,29-,30-,31+,32+,35-,36+,37+,38-,39+,40-,46+,47-,48+/m0/s1. The van der Waals surface area contributed by atoms with E-state index in [9.17, 15) is 38.9 Å². The number of carbonyl (C=O) groups is 4. The fraction of sp³-hybridized carbons (Fsp3) is 0.646. The molecule has 14 atom stereocenters. The lowest BCUT2D eigenvalue weighted by atomic mass is 9.44. The minimum Gasteiger partial charge on any atom is -0.456 e. The number of carbonyl (C=O) groups excluding carboxylic acids is 4. The molecule has 2 saturated carbocycles. The molecule has 0 unspecified atom stereocenters. The number of pyridine rings is 1. The van der Waals surface area contributed by atoms with Gasteiger partial charge in [0, 0.05) is 55.9 Å². The molecular weight excluding hydrogens is 881 g/mol. The van der Waals surface area contributed by atoms with Crippen molar-refractivity contribution >= 4 is 24.0 Å². The van der Waals surface area contributed by atoms with Crippen molar-refractivity contribution < 1.29 is 76.4 Å². The highest BCUT2D eigenvalue weighted by Crippen LogP contribution is 2.67. The summed E-state index contributed by atoms with van der Waals surface area (Å²) in [5.74, 6) is -5.20. The second kappa shape index (κ2) is 17.7. The van der Waals surface area contributed by atoms with Crippen molar-refractivity contribution in [3.8, 4) is 0 Å². The van der Waals surface area contributed by atoms with E-state index < -0.39 is 137 Å². The Morgan fingerprint density at radius 2 is 1.78 bits per heavy atom. The van der Waals surface area contributed by atoms with Gasteiger partial charge in [-0.3, -0.25) is 14.7 Å². The highest BCUT2D eigenvalue weighted by Gasteiger charge is 2.79. The average Bonchev–Trinajstić information content (AvgIpc) is 3.66. The predicted molar refractivity (Wildman–Crippen MR) is 230 cm³/mol. The molecule has 2 bridgehead atoms. The van der Waals surface area contributed by atoms with E-state index in [0.717, 1.165) is 6.07 Å². The molecule has 3 aliphatic heterocycles. The van der Waals surface area contributed by atoms with Crippen LogP contribution < -0.4 is 5.32 Å². The van der Waals surface area contributed by atoms with Crippen LogP contribution in [0.3, 0.4) is 0 Å². The molecule has 6 aliphatic rings. The van der Waals surface area contributed by atoms with Crippen LogP contribution in [0.1, 0.15) is 96.7 Å². The first-order valence-corrected chi connectivity index (χ1v) is 22.7. The van der Waals surface area contributed by atoms with Gasteiger partial charge in [0.25, 0.3) is 0 Å².